The van der Waals surface area contributed by atoms with E-state index in [1.165, 1.54) is 6.07 Å². The maximum absolute atomic E-state index is 11.9. The molecule has 0 saturated carbocycles. The zero-order valence-electron chi connectivity index (χ0n) is 11.7. The van der Waals surface area contributed by atoms with E-state index in [-0.39, 0.29) is 17.2 Å². The largest absolute Gasteiger partial charge is 0.447 e. The minimum Gasteiger partial charge on any atom is -0.447 e. The van der Waals surface area contributed by atoms with Gasteiger partial charge in [0.25, 0.3) is 10.0 Å². The molecule has 0 aliphatic heterocycles. The van der Waals surface area contributed by atoms with E-state index < -0.39 is 16.1 Å². The molecule has 1 aromatic heterocycles. The highest BCUT2D eigenvalue weighted by Crippen LogP contribution is 2.15. The summed E-state index contributed by atoms with van der Waals surface area (Å²) in [7, 11) is -3.71. The maximum atomic E-state index is 11.9. The standard InChI is InChI=1S/C12H22N2O4S/c1-9(8-15)14-19(16,17)11-6-5-10(18-11)7-13-12(2,3)4/h5-6,9,13-15H,7-8H2,1-4H3. The van der Waals surface area contributed by atoms with Crippen molar-refractivity contribution in [1.82, 2.24) is 10.0 Å². The number of hydrogen-bond donors (Lipinski definition) is 3. The lowest BCUT2D eigenvalue weighted by molar-refractivity contribution is 0.264. The zero-order chi connectivity index (χ0) is 14.7. The smallest absolute Gasteiger partial charge is 0.274 e. The molecule has 3 N–H and O–H groups in total. The van der Waals surface area contributed by atoms with Crippen LogP contribution in [0.5, 0.6) is 0 Å². The Labute approximate surface area is 114 Å². The van der Waals surface area contributed by atoms with Gasteiger partial charge in [0, 0.05) is 11.6 Å². The fourth-order valence-corrected chi connectivity index (χ4v) is 2.49. The second kappa shape index (κ2) is 6.04. The lowest BCUT2D eigenvalue weighted by Gasteiger charge is -2.19. The van der Waals surface area contributed by atoms with E-state index in [0.29, 0.717) is 12.3 Å². The van der Waals surface area contributed by atoms with Crippen molar-refractivity contribution in [2.75, 3.05) is 6.61 Å². The molecule has 0 bridgehead atoms. The molecule has 110 valence electrons. The van der Waals surface area contributed by atoms with E-state index in [9.17, 15) is 8.42 Å². The van der Waals surface area contributed by atoms with Crippen molar-refractivity contribution in [2.24, 2.45) is 0 Å². The highest BCUT2D eigenvalue weighted by atomic mass is 32.2. The van der Waals surface area contributed by atoms with E-state index in [4.69, 9.17) is 9.52 Å². The number of furan rings is 1. The Morgan fingerprint density at radius 2 is 2.00 bits per heavy atom. The molecule has 1 heterocycles. The Hall–Kier alpha value is -0.890. The number of hydrogen-bond acceptors (Lipinski definition) is 5. The monoisotopic (exact) mass is 290 g/mol. The number of nitrogens with one attached hydrogen (secondary N) is 2. The van der Waals surface area contributed by atoms with Crippen LogP contribution in [0.1, 0.15) is 33.5 Å². The van der Waals surface area contributed by atoms with Gasteiger partial charge in [0.15, 0.2) is 0 Å². The first-order valence-corrected chi connectivity index (χ1v) is 7.59. The van der Waals surface area contributed by atoms with Crippen molar-refractivity contribution in [2.45, 2.75) is 50.9 Å². The van der Waals surface area contributed by atoms with Gasteiger partial charge in [0.2, 0.25) is 5.09 Å². The van der Waals surface area contributed by atoms with Crippen LogP contribution in [0.3, 0.4) is 0 Å². The molecule has 6 nitrogen and oxygen atoms in total. The van der Waals surface area contributed by atoms with Crippen LogP contribution in [0.2, 0.25) is 0 Å². The van der Waals surface area contributed by atoms with Crippen LogP contribution in [0.15, 0.2) is 21.6 Å². The topological polar surface area (TPSA) is 91.6 Å². The number of sulfonamides is 1. The van der Waals surface area contributed by atoms with Crippen molar-refractivity contribution >= 4 is 10.0 Å². The Morgan fingerprint density at radius 1 is 1.37 bits per heavy atom. The molecule has 1 unspecified atom stereocenters. The number of rotatable bonds is 6. The quantitative estimate of drug-likeness (QED) is 0.721. The van der Waals surface area contributed by atoms with Gasteiger partial charge in [-0.15, -0.1) is 0 Å². The average Bonchev–Trinajstić information content (AvgIpc) is 2.74. The van der Waals surface area contributed by atoms with Gasteiger partial charge >= 0.3 is 0 Å². The first kappa shape index (κ1) is 16.2. The summed E-state index contributed by atoms with van der Waals surface area (Å²) < 4.78 is 31.4. The van der Waals surface area contributed by atoms with Crippen LogP contribution in [0.25, 0.3) is 0 Å². The third-order valence-corrected chi connectivity index (χ3v) is 3.79. The maximum Gasteiger partial charge on any atom is 0.274 e. The van der Waals surface area contributed by atoms with Crippen molar-refractivity contribution in [3.8, 4) is 0 Å². The normalized spacial score (nSPS) is 14.6. The Morgan fingerprint density at radius 3 is 2.53 bits per heavy atom. The third kappa shape index (κ3) is 5.32. The molecular formula is C12H22N2O4S. The molecule has 0 spiro atoms. The molecule has 0 aromatic carbocycles. The number of aliphatic hydroxyl groups excluding tert-OH is 1. The second-order valence-electron chi connectivity index (χ2n) is 5.53. The zero-order valence-corrected chi connectivity index (χ0v) is 12.5. The molecular weight excluding hydrogens is 268 g/mol. The Kier molecular flexibility index (Phi) is 5.14. The summed E-state index contributed by atoms with van der Waals surface area (Å²) in [5.41, 5.74) is -0.0739. The molecule has 0 radical (unpaired) electrons. The summed E-state index contributed by atoms with van der Waals surface area (Å²) in [6.07, 6.45) is 0. The van der Waals surface area contributed by atoms with Gasteiger partial charge in [-0.05, 0) is 39.8 Å². The van der Waals surface area contributed by atoms with Crippen LogP contribution in [-0.4, -0.2) is 31.7 Å². The molecule has 0 saturated heterocycles. The predicted octanol–water partition coefficient (Wildman–Crippen LogP) is 0.827. The first-order chi connectivity index (χ1) is 8.64. The van der Waals surface area contributed by atoms with Crippen molar-refractivity contribution in [1.29, 1.82) is 0 Å². The van der Waals surface area contributed by atoms with Gasteiger partial charge in [-0.25, -0.2) is 13.1 Å². The molecule has 1 atom stereocenters. The summed E-state index contributed by atoms with van der Waals surface area (Å²) in [6.45, 7) is 7.80. The van der Waals surface area contributed by atoms with Crippen LogP contribution in [0, 0.1) is 0 Å². The summed E-state index contributed by atoms with van der Waals surface area (Å²) in [5, 5.41) is 11.9. The van der Waals surface area contributed by atoms with Crippen molar-refractivity contribution < 1.29 is 17.9 Å². The van der Waals surface area contributed by atoms with E-state index in [0.717, 1.165) is 0 Å². The summed E-state index contributed by atoms with van der Waals surface area (Å²) in [5.74, 6) is 0.548. The molecule has 0 amide bonds. The molecule has 7 heteroatoms. The van der Waals surface area contributed by atoms with Crippen LogP contribution in [-0.2, 0) is 16.6 Å². The summed E-state index contributed by atoms with van der Waals surface area (Å²) >= 11 is 0. The summed E-state index contributed by atoms with van der Waals surface area (Å²) in [6, 6.07) is 2.48. The van der Waals surface area contributed by atoms with Gasteiger partial charge in [-0.2, -0.15) is 0 Å². The SMILES string of the molecule is CC(CO)NS(=O)(=O)c1ccc(CNC(C)(C)C)o1. The Balaban J connectivity index is 2.74. The van der Waals surface area contributed by atoms with Gasteiger partial charge in [-0.3, -0.25) is 0 Å². The van der Waals surface area contributed by atoms with E-state index in [1.807, 2.05) is 20.8 Å². The lowest BCUT2D eigenvalue weighted by atomic mass is 10.1. The van der Waals surface area contributed by atoms with Crippen LogP contribution >= 0.6 is 0 Å². The van der Waals surface area contributed by atoms with E-state index >= 15 is 0 Å². The molecule has 1 aromatic rings. The Bertz CT molecular complexity index is 502. The first-order valence-electron chi connectivity index (χ1n) is 6.11. The molecule has 0 fully saturated rings. The van der Waals surface area contributed by atoms with Crippen LogP contribution in [0.4, 0.5) is 0 Å². The minimum absolute atomic E-state index is 0.0739. The molecule has 0 aliphatic carbocycles. The third-order valence-electron chi connectivity index (χ3n) is 2.32. The average molecular weight is 290 g/mol. The van der Waals surface area contributed by atoms with Gasteiger partial charge in [0.05, 0.1) is 13.2 Å². The minimum atomic E-state index is -3.71. The van der Waals surface area contributed by atoms with Gasteiger partial charge < -0.3 is 14.8 Å². The molecule has 1 rings (SSSR count). The van der Waals surface area contributed by atoms with Crippen LogP contribution < -0.4 is 10.0 Å². The van der Waals surface area contributed by atoms with Gasteiger partial charge in [0.1, 0.15) is 5.76 Å². The van der Waals surface area contributed by atoms with Crippen molar-refractivity contribution in [3.63, 3.8) is 0 Å². The van der Waals surface area contributed by atoms with Crippen molar-refractivity contribution in [3.05, 3.63) is 17.9 Å². The second-order valence-corrected chi connectivity index (χ2v) is 7.17. The summed E-state index contributed by atoms with van der Waals surface area (Å²) in [4.78, 5) is 0. The number of aliphatic hydroxyl groups is 1. The fourth-order valence-electron chi connectivity index (χ4n) is 1.31. The van der Waals surface area contributed by atoms with Gasteiger partial charge in [-0.1, -0.05) is 0 Å². The predicted molar refractivity (Wildman–Crippen MR) is 72.2 cm³/mol. The lowest BCUT2D eigenvalue weighted by Crippen LogP contribution is -2.35. The molecule has 0 aliphatic rings. The van der Waals surface area contributed by atoms with E-state index in [2.05, 4.69) is 10.0 Å². The highest BCUT2D eigenvalue weighted by molar-refractivity contribution is 7.89. The highest BCUT2D eigenvalue weighted by Gasteiger charge is 2.21. The van der Waals surface area contributed by atoms with E-state index in [1.54, 1.807) is 13.0 Å². The fraction of sp³-hybridized carbons (Fsp3) is 0.667. The molecule has 19 heavy (non-hydrogen) atoms.